The Bertz CT molecular complexity index is 395. The molecule has 6 heteroatoms. The van der Waals surface area contributed by atoms with Crippen molar-refractivity contribution in [3.63, 3.8) is 0 Å². The van der Waals surface area contributed by atoms with Gasteiger partial charge in [0.15, 0.2) is 0 Å². The van der Waals surface area contributed by atoms with Crippen LogP contribution >= 0.6 is 0 Å². The quantitative estimate of drug-likeness (QED) is 0.741. The standard InChI is InChI=1S/C14H24N2O4/c1-3-4-14(12(18)19)5-6-16(10-14)11(17)7-20-13(2)8-15-9-13/h15H,3-10H2,1-2H3,(H,18,19). The molecule has 0 aromatic heterocycles. The molecule has 0 spiro atoms. The van der Waals surface area contributed by atoms with Gasteiger partial charge in [-0.05, 0) is 19.8 Å². The second kappa shape index (κ2) is 5.69. The number of carbonyl (C=O) groups excluding carboxylic acids is 1. The molecular formula is C14H24N2O4. The molecule has 0 aliphatic carbocycles. The monoisotopic (exact) mass is 284 g/mol. The number of ether oxygens (including phenoxy) is 1. The fourth-order valence-corrected chi connectivity index (χ4v) is 2.96. The fraction of sp³-hybridized carbons (Fsp3) is 0.857. The molecule has 0 aromatic rings. The van der Waals surface area contributed by atoms with E-state index in [1.165, 1.54) is 0 Å². The zero-order valence-corrected chi connectivity index (χ0v) is 12.3. The molecule has 2 heterocycles. The van der Waals surface area contributed by atoms with Crippen molar-refractivity contribution in [2.75, 3.05) is 32.8 Å². The Hall–Kier alpha value is -1.14. The first-order chi connectivity index (χ1) is 9.41. The van der Waals surface area contributed by atoms with E-state index in [2.05, 4.69) is 5.32 Å². The number of carbonyl (C=O) groups is 2. The topological polar surface area (TPSA) is 78.9 Å². The third-order valence-corrected chi connectivity index (χ3v) is 4.43. The zero-order valence-electron chi connectivity index (χ0n) is 12.3. The lowest BCUT2D eigenvalue weighted by molar-refractivity contribution is -0.150. The molecular weight excluding hydrogens is 260 g/mol. The van der Waals surface area contributed by atoms with Crippen molar-refractivity contribution in [2.24, 2.45) is 5.41 Å². The summed E-state index contributed by atoms with van der Waals surface area (Å²) in [5, 5.41) is 12.5. The molecule has 20 heavy (non-hydrogen) atoms. The lowest BCUT2D eigenvalue weighted by Crippen LogP contribution is -2.59. The normalized spacial score (nSPS) is 28.2. The molecule has 1 amide bonds. The van der Waals surface area contributed by atoms with Gasteiger partial charge in [0, 0.05) is 26.2 Å². The van der Waals surface area contributed by atoms with Gasteiger partial charge in [0.1, 0.15) is 6.61 Å². The number of hydrogen-bond acceptors (Lipinski definition) is 4. The summed E-state index contributed by atoms with van der Waals surface area (Å²) in [6.07, 6.45) is 1.98. The lowest BCUT2D eigenvalue weighted by atomic mass is 9.83. The third kappa shape index (κ3) is 2.96. The van der Waals surface area contributed by atoms with Crippen molar-refractivity contribution in [3.05, 3.63) is 0 Å². The number of nitrogens with zero attached hydrogens (tertiary/aromatic N) is 1. The van der Waals surface area contributed by atoms with Crippen LogP contribution in [-0.4, -0.2) is 60.3 Å². The second-order valence-electron chi connectivity index (χ2n) is 6.24. The van der Waals surface area contributed by atoms with Gasteiger partial charge in [-0.2, -0.15) is 0 Å². The van der Waals surface area contributed by atoms with Gasteiger partial charge in [0.05, 0.1) is 11.0 Å². The van der Waals surface area contributed by atoms with Crippen molar-refractivity contribution in [3.8, 4) is 0 Å². The van der Waals surface area contributed by atoms with Crippen LogP contribution in [0, 0.1) is 5.41 Å². The van der Waals surface area contributed by atoms with Gasteiger partial charge in [-0.25, -0.2) is 0 Å². The minimum absolute atomic E-state index is 0.0417. The van der Waals surface area contributed by atoms with Crippen LogP contribution in [-0.2, 0) is 14.3 Å². The highest BCUT2D eigenvalue weighted by Gasteiger charge is 2.45. The van der Waals surface area contributed by atoms with Crippen LogP contribution in [0.1, 0.15) is 33.1 Å². The lowest BCUT2D eigenvalue weighted by Gasteiger charge is -2.39. The van der Waals surface area contributed by atoms with Gasteiger partial charge in [-0.15, -0.1) is 0 Å². The predicted molar refractivity (Wildman–Crippen MR) is 73.4 cm³/mol. The van der Waals surface area contributed by atoms with Crippen LogP contribution in [0.4, 0.5) is 0 Å². The molecule has 2 aliphatic rings. The van der Waals surface area contributed by atoms with Crippen molar-refractivity contribution in [1.82, 2.24) is 10.2 Å². The molecule has 2 N–H and O–H groups in total. The summed E-state index contributed by atoms with van der Waals surface area (Å²) in [5.41, 5.74) is -1.00. The molecule has 0 aromatic carbocycles. The van der Waals surface area contributed by atoms with Gasteiger partial charge in [-0.1, -0.05) is 13.3 Å². The van der Waals surface area contributed by atoms with Crippen molar-refractivity contribution in [1.29, 1.82) is 0 Å². The molecule has 6 nitrogen and oxygen atoms in total. The van der Waals surface area contributed by atoms with E-state index in [1.54, 1.807) is 4.90 Å². The smallest absolute Gasteiger partial charge is 0.311 e. The minimum atomic E-state index is -0.786. The number of rotatable bonds is 6. The zero-order chi connectivity index (χ0) is 14.8. The summed E-state index contributed by atoms with van der Waals surface area (Å²) in [6, 6.07) is 0. The molecule has 2 saturated heterocycles. The first kappa shape index (κ1) is 15.3. The summed E-state index contributed by atoms with van der Waals surface area (Å²) in [4.78, 5) is 25.2. The summed E-state index contributed by atoms with van der Waals surface area (Å²) in [6.45, 7) is 6.34. The summed E-state index contributed by atoms with van der Waals surface area (Å²) in [7, 11) is 0. The Labute approximate surface area is 119 Å². The van der Waals surface area contributed by atoms with Crippen molar-refractivity contribution < 1.29 is 19.4 Å². The Kier molecular flexibility index (Phi) is 4.34. The van der Waals surface area contributed by atoms with Crippen LogP contribution in [0.5, 0.6) is 0 Å². The van der Waals surface area contributed by atoms with Gasteiger partial charge in [-0.3, -0.25) is 9.59 Å². The molecule has 1 unspecified atom stereocenters. The molecule has 1 atom stereocenters. The van der Waals surface area contributed by atoms with E-state index in [9.17, 15) is 14.7 Å². The number of carboxylic acids is 1. The van der Waals surface area contributed by atoms with Crippen LogP contribution in [0.15, 0.2) is 0 Å². The van der Waals surface area contributed by atoms with E-state index >= 15 is 0 Å². The first-order valence-corrected chi connectivity index (χ1v) is 7.27. The molecule has 0 bridgehead atoms. The van der Waals surface area contributed by atoms with Crippen LogP contribution < -0.4 is 5.32 Å². The number of carboxylic acid groups (broad SMARTS) is 1. The Morgan fingerprint density at radius 2 is 2.10 bits per heavy atom. The largest absolute Gasteiger partial charge is 0.481 e. The van der Waals surface area contributed by atoms with Gasteiger partial charge < -0.3 is 20.1 Å². The molecule has 2 fully saturated rings. The predicted octanol–water partition coefficient (Wildman–Crippen LogP) is 0.468. The first-order valence-electron chi connectivity index (χ1n) is 7.27. The third-order valence-electron chi connectivity index (χ3n) is 4.43. The SMILES string of the molecule is CCCC1(C(=O)O)CCN(C(=O)COC2(C)CNC2)C1. The highest BCUT2D eigenvalue weighted by molar-refractivity contribution is 5.81. The van der Waals surface area contributed by atoms with E-state index < -0.39 is 11.4 Å². The highest BCUT2D eigenvalue weighted by Crippen LogP contribution is 2.35. The molecule has 0 saturated carbocycles. The number of likely N-dealkylation sites (tertiary alicyclic amines) is 1. The minimum Gasteiger partial charge on any atom is -0.481 e. The number of nitrogens with one attached hydrogen (secondary N) is 1. The highest BCUT2D eigenvalue weighted by atomic mass is 16.5. The van der Waals surface area contributed by atoms with Crippen LogP contribution in [0.3, 0.4) is 0 Å². The fourth-order valence-electron chi connectivity index (χ4n) is 2.96. The maximum atomic E-state index is 12.1. The Balaban J connectivity index is 1.87. The van der Waals surface area contributed by atoms with E-state index in [0.717, 1.165) is 19.5 Å². The number of amides is 1. The average Bonchev–Trinajstić information content (AvgIpc) is 2.80. The Morgan fingerprint density at radius 3 is 2.60 bits per heavy atom. The number of aliphatic carboxylic acids is 1. The number of hydrogen-bond donors (Lipinski definition) is 2. The average molecular weight is 284 g/mol. The summed E-state index contributed by atoms with van der Waals surface area (Å²) >= 11 is 0. The molecule has 2 rings (SSSR count). The molecule has 114 valence electrons. The summed E-state index contributed by atoms with van der Waals surface area (Å²) in [5.74, 6) is -0.886. The summed E-state index contributed by atoms with van der Waals surface area (Å²) < 4.78 is 5.63. The van der Waals surface area contributed by atoms with E-state index in [4.69, 9.17) is 4.74 Å². The second-order valence-corrected chi connectivity index (χ2v) is 6.24. The van der Waals surface area contributed by atoms with Crippen LogP contribution in [0.25, 0.3) is 0 Å². The Morgan fingerprint density at radius 1 is 1.40 bits per heavy atom. The van der Waals surface area contributed by atoms with Crippen LogP contribution in [0.2, 0.25) is 0 Å². The molecule has 0 radical (unpaired) electrons. The van der Waals surface area contributed by atoms with E-state index in [-0.39, 0.29) is 18.1 Å². The van der Waals surface area contributed by atoms with Gasteiger partial charge in [0.2, 0.25) is 5.91 Å². The maximum Gasteiger partial charge on any atom is 0.311 e. The molecule has 2 aliphatic heterocycles. The van der Waals surface area contributed by atoms with Gasteiger partial charge >= 0.3 is 5.97 Å². The van der Waals surface area contributed by atoms with Gasteiger partial charge in [0.25, 0.3) is 0 Å². The van der Waals surface area contributed by atoms with E-state index in [1.807, 2.05) is 13.8 Å². The van der Waals surface area contributed by atoms with Crippen molar-refractivity contribution in [2.45, 2.75) is 38.7 Å². The maximum absolute atomic E-state index is 12.1. The van der Waals surface area contributed by atoms with Crippen molar-refractivity contribution >= 4 is 11.9 Å². The van der Waals surface area contributed by atoms with E-state index in [0.29, 0.717) is 25.9 Å².